The first-order chi connectivity index (χ1) is 4.20. The van der Waals surface area contributed by atoms with Gasteiger partial charge in [0, 0.05) is 6.04 Å². The number of nitrogens with zero attached hydrogens (tertiary/aromatic N) is 1. The molecule has 0 aromatic rings. The van der Waals surface area contributed by atoms with Crippen molar-refractivity contribution in [1.29, 1.82) is 0 Å². The van der Waals surface area contributed by atoms with Crippen LogP contribution in [0.15, 0.2) is 4.99 Å². The van der Waals surface area contributed by atoms with Crippen LogP contribution in [0.1, 0.15) is 13.8 Å². The molecule has 0 bridgehead atoms. The van der Waals surface area contributed by atoms with E-state index in [9.17, 15) is 0 Å². The molecule has 0 aliphatic heterocycles. The Labute approximate surface area is 60.4 Å². The molecule has 0 fully saturated rings. The van der Waals surface area contributed by atoms with Crippen molar-refractivity contribution in [2.75, 3.05) is 12.9 Å². The molecule has 0 heterocycles. The molecule has 0 saturated heterocycles. The highest BCUT2D eigenvalue weighted by molar-refractivity contribution is 8.13. The fourth-order valence-corrected chi connectivity index (χ4v) is 0.891. The molecule has 0 aliphatic carbocycles. The van der Waals surface area contributed by atoms with Crippen LogP contribution in [0.25, 0.3) is 0 Å². The van der Waals surface area contributed by atoms with E-state index in [4.69, 9.17) is 5.11 Å². The summed E-state index contributed by atoms with van der Waals surface area (Å²) < 4.78 is 0. The third-order valence-corrected chi connectivity index (χ3v) is 1.48. The van der Waals surface area contributed by atoms with Crippen LogP contribution in [0.2, 0.25) is 0 Å². The fourth-order valence-electron chi connectivity index (χ4n) is 0.446. The molecule has 0 aliphatic rings. The Morgan fingerprint density at radius 3 is 2.33 bits per heavy atom. The van der Waals surface area contributed by atoms with Gasteiger partial charge in [0.05, 0.1) is 11.7 Å². The highest BCUT2D eigenvalue weighted by atomic mass is 32.2. The summed E-state index contributed by atoms with van der Waals surface area (Å²) in [5.41, 5.74) is 0. The lowest BCUT2D eigenvalue weighted by atomic mass is 10.4. The summed E-state index contributed by atoms with van der Waals surface area (Å²) in [4.78, 5) is 4.14. The van der Waals surface area contributed by atoms with Gasteiger partial charge in [0.15, 0.2) is 0 Å². The van der Waals surface area contributed by atoms with Crippen LogP contribution in [0, 0.1) is 0 Å². The second-order valence-electron chi connectivity index (χ2n) is 1.98. The van der Waals surface area contributed by atoms with Crippen molar-refractivity contribution in [3.63, 3.8) is 0 Å². The van der Waals surface area contributed by atoms with Gasteiger partial charge >= 0.3 is 0 Å². The van der Waals surface area contributed by atoms with Gasteiger partial charge in [0.25, 0.3) is 0 Å². The van der Waals surface area contributed by atoms with Crippen LogP contribution in [-0.2, 0) is 0 Å². The quantitative estimate of drug-likeness (QED) is 0.469. The smallest absolute Gasteiger partial charge is 0.0931 e. The Morgan fingerprint density at radius 1 is 1.67 bits per heavy atom. The maximum atomic E-state index is 8.62. The molecule has 0 aromatic carbocycles. The van der Waals surface area contributed by atoms with E-state index in [0.29, 0.717) is 6.04 Å². The van der Waals surface area contributed by atoms with E-state index < -0.39 is 0 Å². The van der Waals surface area contributed by atoms with Gasteiger partial charge in [-0.25, -0.2) is 0 Å². The molecule has 0 aromatic heterocycles. The Balaban J connectivity index is 3.75. The average molecular weight is 147 g/mol. The fraction of sp³-hybridized carbons (Fsp3) is 0.833. The van der Waals surface area contributed by atoms with Gasteiger partial charge in [-0.3, -0.25) is 4.99 Å². The van der Waals surface area contributed by atoms with Gasteiger partial charge in [0.2, 0.25) is 0 Å². The number of aliphatic imine (C=N–C) groups is 1. The highest BCUT2D eigenvalue weighted by Crippen LogP contribution is 1.99. The zero-order valence-corrected chi connectivity index (χ0v) is 6.90. The van der Waals surface area contributed by atoms with E-state index in [2.05, 4.69) is 4.99 Å². The molecule has 0 rings (SSSR count). The van der Waals surface area contributed by atoms with Gasteiger partial charge in [0.1, 0.15) is 0 Å². The van der Waals surface area contributed by atoms with Crippen LogP contribution in [0.5, 0.6) is 0 Å². The van der Waals surface area contributed by atoms with E-state index in [-0.39, 0.29) is 6.61 Å². The Kier molecular flexibility index (Phi) is 4.81. The number of hydrogen-bond donors (Lipinski definition) is 1. The number of aliphatic hydroxyl groups excluding tert-OH is 1. The summed E-state index contributed by atoms with van der Waals surface area (Å²) in [7, 11) is 0. The standard InChI is InChI=1S/C6H13NOS/c1-5(2)7-6(4-8)9-3/h5,8H,4H2,1-3H3/b7-6-. The van der Waals surface area contributed by atoms with E-state index in [1.807, 2.05) is 20.1 Å². The molecule has 0 amide bonds. The predicted molar refractivity (Wildman–Crippen MR) is 43.2 cm³/mol. The number of hydrogen-bond acceptors (Lipinski definition) is 3. The highest BCUT2D eigenvalue weighted by Gasteiger charge is 1.93. The predicted octanol–water partition coefficient (Wildman–Crippen LogP) is 1.15. The molecule has 0 atom stereocenters. The Bertz CT molecular complexity index is 95.2. The molecular formula is C6H13NOS. The topological polar surface area (TPSA) is 32.6 Å². The lowest BCUT2D eigenvalue weighted by Gasteiger charge is -1.99. The monoisotopic (exact) mass is 147 g/mol. The Hall–Kier alpha value is -0.0200. The number of aliphatic hydroxyl groups is 1. The van der Waals surface area contributed by atoms with Crippen molar-refractivity contribution in [2.45, 2.75) is 19.9 Å². The molecule has 0 spiro atoms. The molecule has 0 saturated carbocycles. The third kappa shape index (κ3) is 4.48. The largest absolute Gasteiger partial charge is 0.390 e. The number of rotatable bonds is 2. The van der Waals surface area contributed by atoms with Gasteiger partial charge in [-0.1, -0.05) is 0 Å². The zero-order chi connectivity index (χ0) is 7.28. The van der Waals surface area contributed by atoms with Crippen LogP contribution < -0.4 is 0 Å². The van der Waals surface area contributed by atoms with Crippen molar-refractivity contribution in [1.82, 2.24) is 0 Å². The third-order valence-electron chi connectivity index (χ3n) is 0.773. The molecular weight excluding hydrogens is 134 g/mol. The van der Waals surface area contributed by atoms with Crippen LogP contribution in [-0.4, -0.2) is 29.1 Å². The van der Waals surface area contributed by atoms with Gasteiger partial charge in [-0.05, 0) is 20.1 Å². The summed E-state index contributed by atoms with van der Waals surface area (Å²) in [5.74, 6) is 0. The normalized spacial score (nSPS) is 12.8. The Morgan fingerprint density at radius 2 is 2.22 bits per heavy atom. The summed E-state index contributed by atoms with van der Waals surface area (Å²) in [6, 6.07) is 0.291. The van der Waals surface area contributed by atoms with Crippen molar-refractivity contribution in [3.05, 3.63) is 0 Å². The summed E-state index contributed by atoms with van der Waals surface area (Å²) in [5, 5.41) is 9.43. The zero-order valence-electron chi connectivity index (χ0n) is 6.09. The molecule has 2 nitrogen and oxygen atoms in total. The van der Waals surface area contributed by atoms with E-state index in [1.54, 1.807) is 0 Å². The van der Waals surface area contributed by atoms with Crippen molar-refractivity contribution < 1.29 is 5.11 Å². The van der Waals surface area contributed by atoms with Gasteiger partial charge in [-0.2, -0.15) is 0 Å². The summed E-state index contributed by atoms with van der Waals surface area (Å²) in [6.45, 7) is 4.05. The minimum atomic E-state index is 0.0688. The molecule has 3 heteroatoms. The summed E-state index contributed by atoms with van der Waals surface area (Å²) in [6.07, 6.45) is 1.91. The number of thioether (sulfide) groups is 1. The maximum absolute atomic E-state index is 8.62. The lowest BCUT2D eigenvalue weighted by molar-refractivity contribution is 0.359. The van der Waals surface area contributed by atoms with Crippen LogP contribution in [0.3, 0.4) is 0 Å². The molecule has 54 valence electrons. The van der Waals surface area contributed by atoms with E-state index >= 15 is 0 Å². The first-order valence-electron chi connectivity index (χ1n) is 2.92. The van der Waals surface area contributed by atoms with Crippen molar-refractivity contribution in [3.8, 4) is 0 Å². The van der Waals surface area contributed by atoms with E-state index in [1.165, 1.54) is 11.8 Å². The summed E-state index contributed by atoms with van der Waals surface area (Å²) >= 11 is 1.50. The van der Waals surface area contributed by atoms with Crippen LogP contribution in [0.4, 0.5) is 0 Å². The average Bonchev–Trinajstić information content (AvgIpc) is 1.82. The second kappa shape index (κ2) is 4.82. The molecule has 1 N–H and O–H groups in total. The first-order valence-corrected chi connectivity index (χ1v) is 4.14. The molecule has 0 unspecified atom stereocenters. The maximum Gasteiger partial charge on any atom is 0.0931 e. The van der Waals surface area contributed by atoms with Crippen molar-refractivity contribution in [2.24, 2.45) is 4.99 Å². The SMILES string of the molecule is CS/C(CO)=N\C(C)C. The lowest BCUT2D eigenvalue weighted by Crippen LogP contribution is -2.02. The van der Waals surface area contributed by atoms with Gasteiger partial charge < -0.3 is 5.11 Å². The second-order valence-corrected chi connectivity index (χ2v) is 2.86. The minimum absolute atomic E-state index is 0.0688. The van der Waals surface area contributed by atoms with E-state index in [0.717, 1.165) is 5.04 Å². The van der Waals surface area contributed by atoms with Gasteiger partial charge in [-0.15, -0.1) is 11.8 Å². The molecule has 9 heavy (non-hydrogen) atoms. The molecule has 0 radical (unpaired) electrons. The van der Waals surface area contributed by atoms with Crippen LogP contribution >= 0.6 is 11.8 Å². The minimum Gasteiger partial charge on any atom is -0.390 e. The van der Waals surface area contributed by atoms with Crippen molar-refractivity contribution >= 4 is 16.8 Å². The first kappa shape index (κ1) is 8.98.